The number of hydrogen-bond donors (Lipinski definition) is 1. The van der Waals surface area contributed by atoms with Gasteiger partial charge < -0.3 is 5.11 Å². The van der Waals surface area contributed by atoms with Gasteiger partial charge in [-0.15, -0.1) is 0 Å². The number of hydrogen-bond acceptors (Lipinski definition) is 2. The molecule has 1 aromatic carbocycles. The van der Waals surface area contributed by atoms with E-state index in [0.29, 0.717) is 5.56 Å². The van der Waals surface area contributed by atoms with Gasteiger partial charge in [0.2, 0.25) is 0 Å². The van der Waals surface area contributed by atoms with Crippen LogP contribution in [0, 0.1) is 0 Å². The fraction of sp³-hybridized carbons (Fsp3) is 0.273. The zero-order valence-electron chi connectivity index (χ0n) is 8.27. The predicted molar refractivity (Wildman–Crippen MR) is 56.1 cm³/mol. The van der Waals surface area contributed by atoms with Crippen LogP contribution < -0.4 is 0 Å². The summed E-state index contributed by atoms with van der Waals surface area (Å²) in [5.74, 6) is -0.921. The molecule has 0 aromatic heterocycles. The Bertz CT molecular complexity index is 356. The Morgan fingerprint density at radius 1 is 1.43 bits per heavy atom. The quantitative estimate of drug-likeness (QED) is 0.744. The zero-order chi connectivity index (χ0) is 10.6. The van der Waals surface area contributed by atoms with Crippen LogP contribution >= 0.6 is 0 Å². The molecule has 0 atom stereocenters. The van der Waals surface area contributed by atoms with Crippen LogP contribution in [0.1, 0.15) is 29.8 Å². The van der Waals surface area contributed by atoms with Crippen molar-refractivity contribution in [3.63, 3.8) is 0 Å². The van der Waals surface area contributed by atoms with Crippen LogP contribution in [0.15, 0.2) is 29.3 Å². The molecule has 0 radical (unpaired) electrons. The molecule has 0 saturated carbocycles. The van der Waals surface area contributed by atoms with E-state index in [1.54, 1.807) is 30.5 Å². The van der Waals surface area contributed by atoms with E-state index in [-0.39, 0.29) is 11.6 Å². The van der Waals surface area contributed by atoms with Gasteiger partial charge in [-0.05, 0) is 19.9 Å². The van der Waals surface area contributed by atoms with E-state index in [9.17, 15) is 4.79 Å². The summed E-state index contributed by atoms with van der Waals surface area (Å²) in [5.41, 5.74) is 0.936. The number of benzene rings is 1. The normalized spacial score (nSPS) is 11.1. The van der Waals surface area contributed by atoms with Crippen molar-refractivity contribution >= 4 is 12.2 Å². The predicted octanol–water partition coefficient (Wildman–Crippen LogP) is 2.21. The van der Waals surface area contributed by atoms with Crippen molar-refractivity contribution in [1.29, 1.82) is 0 Å². The first-order valence-electron chi connectivity index (χ1n) is 4.46. The Kier molecular flexibility index (Phi) is 3.40. The average molecular weight is 191 g/mol. The summed E-state index contributed by atoms with van der Waals surface area (Å²) >= 11 is 0. The molecule has 0 aliphatic rings. The largest absolute Gasteiger partial charge is 0.478 e. The van der Waals surface area contributed by atoms with Gasteiger partial charge in [-0.25, -0.2) is 4.79 Å². The summed E-state index contributed by atoms with van der Waals surface area (Å²) < 4.78 is 0. The van der Waals surface area contributed by atoms with Gasteiger partial charge in [0.1, 0.15) is 0 Å². The maximum Gasteiger partial charge on any atom is 0.336 e. The van der Waals surface area contributed by atoms with E-state index in [4.69, 9.17) is 5.11 Å². The van der Waals surface area contributed by atoms with Gasteiger partial charge in [-0.3, -0.25) is 4.99 Å². The molecule has 0 bridgehead atoms. The second-order valence-corrected chi connectivity index (χ2v) is 3.26. The van der Waals surface area contributed by atoms with Crippen molar-refractivity contribution in [3.05, 3.63) is 35.4 Å². The Morgan fingerprint density at radius 2 is 2.07 bits per heavy atom. The minimum atomic E-state index is -0.921. The van der Waals surface area contributed by atoms with Gasteiger partial charge in [0.05, 0.1) is 5.56 Å². The van der Waals surface area contributed by atoms with Gasteiger partial charge in [-0.2, -0.15) is 0 Å². The Labute approximate surface area is 83.1 Å². The zero-order valence-corrected chi connectivity index (χ0v) is 8.27. The highest BCUT2D eigenvalue weighted by Gasteiger charge is 2.06. The van der Waals surface area contributed by atoms with Gasteiger partial charge >= 0.3 is 5.97 Å². The summed E-state index contributed by atoms with van der Waals surface area (Å²) in [5, 5.41) is 8.87. The Morgan fingerprint density at radius 3 is 2.64 bits per heavy atom. The van der Waals surface area contributed by atoms with Gasteiger partial charge in [0.15, 0.2) is 0 Å². The van der Waals surface area contributed by atoms with Crippen molar-refractivity contribution in [2.75, 3.05) is 0 Å². The SMILES string of the molecule is CC(C)N=Cc1ccccc1C(=O)O. The maximum atomic E-state index is 10.8. The number of carboxylic acid groups (broad SMARTS) is 1. The lowest BCUT2D eigenvalue weighted by atomic mass is 10.1. The molecule has 0 unspecified atom stereocenters. The van der Waals surface area contributed by atoms with Crippen LogP contribution in [-0.4, -0.2) is 23.3 Å². The van der Waals surface area contributed by atoms with E-state index in [2.05, 4.69) is 4.99 Å². The first kappa shape index (κ1) is 10.4. The Balaban J connectivity index is 3.02. The molecule has 3 heteroatoms. The molecule has 0 fully saturated rings. The van der Waals surface area contributed by atoms with Crippen LogP contribution in [0.2, 0.25) is 0 Å². The van der Waals surface area contributed by atoms with Crippen molar-refractivity contribution < 1.29 is 9.90 Å². The summed E-state index contributed by atoms with van der Waals surface area (Å²) in [7, 11) is 0. The molecule has 0 saturated heterocycles. The Hall–Kier alpha value is -1.64. The van der Waals surface area contributed by atoms with Gasteiger partial charge in [0.25, 0.3) is 0 Å². The lowest BCUT2D eigenvalue weighted by Gasteiger charge is -2.00. The van der Waals surface area contributed by atoms with Crippen LogP contribution in [0.5, 0.6) is 0 Å². The molecule has 0 aliphatic heterocycles. The van der Waals surface area contributed by atoms with Crippen LogP contribution in [-0.2, 0) is 0 Å². The number of aromatic carboxylic acids is 1. The minimum absolute atomic E-state index is 0.178. The third kappa shape index (κ3) is 2.69. The van der Waals surface area contributed by atoms with Gasteiger partial charge in [0, 0.05) is 17.8 Å². The number of carbonyl (C=O) groups is 1. The molecule has 0 amide bonds. The van der Waals surface area contributed by atoms with Crippen molar-refractivity contribution in [2.45, 2.75) is 19.9 Å². The summed E-state index contributed by atoms with van der Waals surface area (Å²) in [6.07, 6.45) is 1.61. The molecule has 0 aliphatic carbocycles. The van der Waals surface area contributed by atoms with E-state index in [1.165, 1.54) is 0 Å². The topological polar surface area (TPSA) is 49.7 Å². The number of carboxylic acids is 1. The third-order valence-electron chi connectivity index (χ3n) is 1.70. The maximum absolute atomic E-state index is 10.8. The molecule has 1 N–H and O–H groups in total. The molecule has 3 nitrogen and oxygen atoms in total. The average Bonchev–Trinajstić information content (AvgIpc) is 2.15. The van der Waals surface area contributed by atoms with Crippen LogP contribution in [0.4, 0.5) is 0 Å². The molecular weight excluding hydrogens is 178 g/mol. The van der Waals surface area contributed by atoms with Crippen LogP contribution in [0.3, 0.4) is 0 Å². The lowest BCUT2D eigenvalue weighted by Crippen LogP contribution is -2.02. The minimum Gasteiger partial charge on any atom is -0.478 e. The molecule has 14 heavy (non-hydrogen) atoms. The molecule has 1 aromatic rings. The van der Waals surface area contributed by atoms with E-state index in [1.807, 2.05) is 13.8 Å². The number of nitrogens with zero attached hydrogens (tertiary/aromatic N) is 1. The lowest BCUT2D eigenvalue weighted by molar-refractivity contribution is 0.0697. The highest BCUT2D eigenvalue weighted by atomic mass is 16.4. The summed E-state index contributed by atoms with van der Waals surface area (Å²) in [6.45, 7) is 3.89. The highest BCUT2D eigenvalue weighted by molar-refractivity contribution is 5.98. The van der Waals surface area contributed by atoms with E-state index >= 15 is 0 Å². The van der Waals surface area contributed by atoms with Crippen LogP contribution in [0.25, 0.3) is 0 Å². The smallest absolute Gasteiger partial charge is 0.336 e. The molecule has 1 rings (SSSR count). The first-order chi connectivity index (χ1) is 6.61. The van der Waals surface area contributed by atoms with Crippen molar-refractivity contribution in [2.24, 2.45) is 4.99 Å². The van der Waals surface area contributed by atoms with Crippen molar-refractivity contribution in [3.8, 4) is 0 Å². The number of aliphatic imine (C=N–C) groups is 1. The molecular formula is C11H13NO2. The second-order valence-electron chi connectivity index (χ2n) is 3.26. The summed E-state index contributed by atoms with van der Waals surface area (Å²) in [6, 6.07) is 7.00. The monoisotopic (exact) mass is 191 g/mol. The second kappa shape index (κ2) is 4.56. The summed E-state index contributed by atoms with van der Waals surface area (Å²) in [4.78, 5) is 15.0. The fourth-order valence-corrected chi connectivity index (χ4v) is 1.03. The first-order valence-corrected chi connectivity index (χ1v) is 4.46. The van der Waals surface area contributed by atoms with E-state index in [0.717, 1.165) is 0 Å². The standard InChI is InChI=1S/C11H13NO2/c1-8(2)12-7-9-5-3-4-6-10(9)11(13)14/h3-8H,1-2H3,(H,13,14). The highest BCUT2D eigenvalue weighted by Crippen LogP contribution is 2.06. The fourth-order valence-electron chi connectivity index (χ4n) is 1.03. The number of rotatable bonds is 3. The van der Waals surface area contributed by atoms with Gasteiger partial charge in [-0.1, -0.05) is 18.2 Å². The molecule has 74 valence electrons. The van der Waals surface area contributed by atoms with Crippen molar-refractivity contribution in [1.82, 2.24) is 0 Å². The van der Waals surface area contributed by atoms with E-state index < -0.39 is 5.97 Å². The molecule has 0 heterocycles. The molecule has 0 spiro atoms. The third-order valence-corrected chi connectivity index (χ3v) is 1.70.